The Morgan fingerprint density at radius 1 is 1.24 bits per heavy atom. The minimum atomic E-state index is 0.301. The maximum Gasteiger partial charge on any atom is 0.221 e. The SMILES string of the molecule is CSc1nnc(-c2ccco2)n1/N=C/c1ccc(COc2ccc(Cl)c(C)c2)o1. The van der Waals surface area contributed by atoms with E-state index in [1.165, 1.54) is 11.8 Å². The lowest BCUT2D eigenvalue weighted by atomic mass is 10.2. The molecule has 0 aliphatic carbocycles. The van der Waals surface area contributed by atoms with E-state index in [1.54, 1.807) is 29.3 Å². The lowest BCUT2D eigenvalue weighted by Crippen LogP contribution is -1.96. The van der Waals surface area contributed by atoms with Crippen molar-refractivity contribution in [3.8, 4) is 17.3 Å². The zero-order chi connectivity index (χ0) is 20.2. The summed E-state index contributed by atoms with van der Waals surface area (Å²) in [6.45, 7) is 2.23. The molecule has 0 atom stereocenters. The van der Waals surface area contributed by atoms with E-state index in [0.717, 1.165) is 11.3 Å². The highest BCUT2D eigenvalue weighted by Gasteiger charge is 2.15. The Balaban J connectivity index is 1.47. The molecule has 0 aliphatic rings. The number of nitrogens with zero attached hydrogens (tertiary/aromatic N) is 4. The first kappa shape index (κ1) is 19.4. The number of halogens is 1. The first-order valence-corrected chi connectivity index (χ1v) is 10.3. The molecule has 0 N–H and O–H groups in total. The van der Waals surface area contributed by atoms with Gasteiger partial charge in [-0.1, -0.05) is 23.4 Å². The first-order chi connectivity index (χ1) is 14.1. The summed E-state index contributed by atoms with van der Waals surface area (Å²) >= 11 is 7.47. The highest BCUT2D eigenvalue weighted by molar-refractivity contribution is 7.98. The van der Waals surface area contributed by atoms with Crippen molar-refractivity contribution >= 4 is 29.6 Å². The van der Waals surface area contributed by atoms with E-state index >= 15 is 0 Å². The molecule has 7 nitrogen and oxygen atoms in total. The molecule has 4 aromatic rings. The molecule has 4 rings (SSSR count). The Kier molecular flexibility index (Phi) is 5.73. The van der Waals surface area contributed by atoms with Crippen molar-refractivity contribution in [1.29, 1.82) is 0 Å². The minimum Gasteiger partial charge on any atom is -0.486 e. The van der Waals surface area contributed by atoms with E-state index in [-0.39, 0.29) is 0 Å². The maximum atomic E-state index is 6.04. The average Bonchev–Trinajstić information content (AvgIpc) is 3.47. The molecule has 1 aromatic carbocycles. The second kappa shape index (κ2) is 8.59. The first-order valence-electron chi connectivity index (χ1n) is 8.69. The molecule has 0 fully saturated rings. The lowest BCUT2D eigenvalue weighted by molar-refractivity contribution is 0.269. The predicted molar refractivity (Wildman–Crippen MR) is 112 cm³/mol. The highest BCUT2D eigenvalue weighted by Crippen LogP contribution is 2.24. The minimum absolute atomic E-state index is 0.301. The van der Waals surface area contributed by atoms with Crippen molar-refractivity contribution in [1.82, 2.24) is 14.9 Å². The monoisotopic (exact) mass is 428 g/mol. The summed E-state index contributed by atoms with van der Waals surface area (Å²) in [4.78, 5) is 0. The van der Waals surface area contributed by atoms with Gasteiger partial charge in [0.2, 0.25) is 11.0 Å². The fraction of sp³-hybridized carbons (Fsp3) is 0.150. The van der Waals surface area contributed by atoms with Gasteiger partial charge in [0, 0.05) is 5.02 Å². The Morgan fingerprint density at radius 3 is 2.90 bits per heavy atom. The Labute approximate surface area is 176 Å². The van der Waals surface area contributed by atoms with Gasteiger partial charge in [-0.15, -0.1) is 10.2 Å². The fourth-order valence-electron chi connectivity index (χ4n) is 2.57. The van der Waals surface area contributed by atoms with Crippen LogP contribution in [0.25, 0.3) is 11.6 Å². The van der Waals surface area contributed by atoms with Crippen LogP contribution < -0.4 is 4.74 Å². The van der Waals surface area contributed by atoms with Crippen LogP contribution in [-0.4, -0.2) is 27.3 Å². The Hall–Kier alpha value is -2.97. The number of ether oxygens (including phenoxy) is 1. The number of aryl methyl sites for hydroxylation is 1. The number of aromatic nitrogens is 3. The van der Waals surface area contributed by atoms with Crippen LogP contribution in [0.4, 0.5) is 0 Å². The third kappa shape index (κ3) is 4.38. The van der Waals surface area contributed by atoms with Gasteiger partial charge in [0.1, 0.15) is 23.9 Å². The van der Waals surface area contributed by atoms with Crippen molar-refractivity contribution in [2.24, 2.45) is 5.10 Å². The van der Waals surface area contributed by atoms with E-state index in [0.29, 0.717) is 39.9 Å². The normalized spacial score (nSPS) is 11.4. The van der Waals surface area contributed by atoms with Crippen LogP contribution in [0.1, 0.15) is 17.1 Å². The van der Waals surface area contributed by atoms with E-state index in [9.17, 15) is 0 Å². The third-order valence-corrected chi connectivity index (χ3v) is 5.07. The van der Waals surface area contributed by atoms with Crippen LogP contribution in [0.15, 0.2) is 67.8 Å². The molecule has 3 aromatic heterocycles. The predicted octanol–water partition coefficient (Wildman–Crippen LogP) is 5.28. The van der Waals surface area contributed by atoms with Gasteiger partial charge in [-0.2, -0.15) is 9.78 Å². The molecule has 3 heterocycles. The summed E-state index contributed by atoms with van der Waals surface area (Å²) in [5.41, 5.74) is 0.960. The fourth-order valence-corrected chi connectivity index (χ4v) is 3.12. The summed E-state index contributed by atoms with van der Waals surface area (Å²) in [5, 5.41) is 14.1. The van der Waals surface area contributed by atoms with Crippen LogP contribution in [0, 0.1) is 6.92 Å². The molecule has 0 radical (unpaired) electrons. The molecule has 29 heavy (non-hydrogen) atoms. The summed E-state index contributed by atoms with van der Waals surface area (Å²) < 4.78 is 18.6. The quantitative estimate of drug-likeness (QED) is 0.294. The molecule has 0 bridgehead atoms. The summed E-state index contributed by atoms with van der Waals surface area (Å²) in [5.74, 6) is 3.10. The number of hydrogen-bond donors (Lipinski definition) is 0. The van der Waals surface area contributed by atoms with Crippen LogP contribution in [0.3, 0.4) is 0 Å². The number of rotatable bonds is 7. The van der Waals surface area contributed by atoms with Crippen LogP contribution in [0.5, 0.6) is 5.75 Å². The van der Waals surface area contributed by atoms with Gasteiger partial charge in [0.25, 0.3) is 0 Å². The topological polar surface area (TPSA) is 78.6 Å². The molecule has 0 saturated carbocycles. The van der Waals surface area contributed by atoms with Gasteiger partial charge in [-0.25, -0.2) is 0 Å². The molecular weight excluding hydrogens is 412 g/mol. The summed E-state index contributed by atoms with van der Waals surface area (Å²) in [6, 6.07) is 12.8. The molecule has 0 spiro atoms. The maximum absolute atomic E-state index is 6.04. The van der Waals surface area contributed by atoms with Crippen molar-refractivity contribution in [2.75, 3.05) is 6.26 Å². The second-order valence-corrected chi connectivity index (χ2v) is 7.23. The van der Waals surface area contributed by atoms with Gasteiger partial charge in [0.15, 0.2) is 5.76 Å². The van der Waals surface area contributed by atoms with Gasteiger partial charge in [-0.3, -0.25) is 0 Å². The standard InChI is InChI=1S/C20H17ClN4O3S/c1-13-10-14(7-8-17(13)21)27-12-16-6-5-15(28-16)11-22-25-19(18-4-3-9-26-18)23-24-20(25)29-2/h3-11H,12H2,1-2H3/b22-11+. The molecule has 9 heteroatoms. The lowest BCUT2D eigenvalue weighted by Gasteiger charge is -2.06. The van der Waals surface area contributed by atoms with Gasteiger partial charge in [-0.05, 0) is 61.2 Å². The zero-order valence-corrected chi connectivity index (χ0v) is 17.3. The van der Waals surface area contributed by atoms with E-state index in [4.69, 9.17) is 25.2 Å². The molecule has 148 valence electrons. The number of thioether (sulfide) groups is 1. The number of hydrogen-bond acceptors (Lipinski definition) is 7. The van der Waals surface area contributed by atoms with Crippen molar-refractivity contribution in [3.63, 3.8) is 0 Å². The number of benzene rings is 1. The Bertz CT molecular complexity index is 1130. The summed E-state index contributed by atoms with van der Waals surface area (Å²) in [6.07, 6.45) is 5.09. The molecule has 0 unspecified atom stereocenters. The summed E-state index contributed by atoms with van der Waals surface area (Å²) in [7, 11) is 0. The zero-order valence-electron chi connectivity index (χ0n) is 15.7. The average molecular weight is 429 g/mol. The Morgan fingerprint density at radius 2 is 2.14 bits per heavy atom. The third-order valence-electron chi connectivity index (χ3n) is 4.03. The van der Waals surface area contributed by atoms with Gasteiger partial charge >= 0.3 is 0 Å². The molecular formula is C20H17ClN4O3S. The highest BCUT2D eigenvalue weighted by atomic mass is 35.5. The van der Waals surface area contributed by atoms with Crippen molar-refractivity contribution < 1.29 is 13.6 Å². The van der Waals surface area contributed by atoms with E-state index in [1.807, 2.05) is 43.5 Å². The smallest absolute Gasteiger partial charge is 0.221 e. The van der Waals surface area contributed by atoms with Crippen molar-refractivity contribution in [2.45, 2.75) is 18.7 Å². The molecule has 0 aliphatic heterocycles. The number of furan rings is 2. The van der Waals surface area contributed by atoms with Gasteiger partial charge in [0.05, 0.1) is 12.5 Å². The van der Waals surface area contributed by atoms with Crippen LogP contribution in [0.2, 0.25) is 5.02 Å². The molecule has 0 saturated heterocycles. The second-order valence-electron chi connectivity index (χ2n) is 6.05. The van der Waals surface area contributed by atoms with Crippen LogP contribution in [-0.2, 0) is 6.61 Å². The largest absolute Gasteiger partial charge is 0.486 e. The van der Waals surface area contributed by atoms with Gasteiger partial charge < -0.3 is 13.6 Å². The molecule has 0 amide bonds. The van der Waals surface area contributed by atoms with E-state index in [2.05, 4.69) is 15.3 Å². The van der Waals surface area contributed by atoms with E-state index < -0.39 is 0 Å². The van der Waals surface area contributed by atoms with Crippen LogP contribution >= 0.6 is 23.4 Å². The van der Waals surface area contributed by atoms with Crippen molar-refractivity contribution in [3.05, 3.63) is 70.8 Å².